The molecule has 0 spiro atoms. The molecule has 0 saturated carbocycles. The first kappa shape index (κ1) is 17.6. The second kappa shape index (κ2) is 6.25. The fourth-order valence-corrected chi connectivity index (χ4v) is 4.88. The summed E-state index contributed by atoms with van der Waals surface area (Å²) in [6, 6.07) is 5.05. The highest BCUT2D eigenvalue weighted by Gasteiger charge is 2.64. The zero-order valence-corrected chi connectivity index (χ0v) is 15.0. The van der Waals surface area contributed by atoms with Crippen LogP contribution in [0.2, 0.25) is 0 Å². The molecule has 0 aliphatic carbocycles. The lowest BCUT2D eigenvalue weighted by Crippen LogP contribution is -2.70. The van der Waals surface area contributed by atoms with Crippen LogP contribution in [0, 0.1) is 0 Å². The highest BCUT2D eigenvalue weighted by Crippen LogP contribution is 2.51. The van der Waals surface area contributed by atoms with Crippen molar-refractivity contribution in [3.8, 4) is 5.75 Å². The van der Waals surface area contributed by atoms with Gasteiger partial charge in [-0.15, -0.1) is 11.8 Å². The highest BCUT2D eigenvalue weighted by molar-refractivity contribution is 8.01. The van der Waals surface area contributed by atoms with E-state index in [-0.39, 0.29) is 29.4 Å². The van der Waals surface area contributed by atoms with Gasteiger partial charge >= 0.3 is 5.97 Å². The molecule has 0 radical (unpaired) electrons. The van der Waals surface area contributed by atoms with Crippen molar-refractivity contribution in [2.24, 2.45) is 0 Å². The Bertz CT molecular complexity index is 718. The maximum atomic E-state index is 12.5. The number of hydrogen-bond donors (Lipinski definition) is 2. The highest BCUT2D eigenvalue weighted by atomic mass is 32.2. The number of rotatable bonds is 4. The smallest absolute Gasteiger partial charge is 0.330 e. The van der Waals surface area contributed by atoms with E-state index < -0.39 is 22.8 Å². The topological polar surface area (TPSA) is 95.9 Å². The van der Waals surface area contributed by atoms with Gasteiger partial charge in [-0.1, -0.05) is 12.1 Å². The van der Waals surface area contributed by atoms with Crippen LogP contribution in [0.3, 0.4) is 0 Å². The van der Waals surface area contributed by atoms with E-state index in [1.807, 2.05) is 13.8 Å². The van der Waals surface area contributed by atoms with Gasteiger partial charge in [-0.3, -0.25) is 9.59 Å². The molecule has 2 amide bonds. The van der Waals surface area contributed by atoms with Gasteiger partial charge in [-0.25, -0.2) is 4.79 Å². The molecule has 7 nitrogen and oxygen atoms in total. The molecule has 2 aliphatic rings. The van der Waals surface area contributed by atoms with E-state index in [1.165, 1.54) is 35.9 Å². The number of carbonyl (C=O) groups excluding carboxylic acids is 3. The first-order valence-corrected chi connectivity index (χ1v) is 8.77. The van der Waals surface area contributed by atoms with Crippen LogP contribution in [0.4, 0.5) is 0 Å². The number of amides is 2. The van der Waals surface area contributed by atoms with Crippen molar-refractivity contribution in [1.29, 1.82) is 0 Å². The number of phenolic OH excluding ortho intramolecular Hbond substituents is 1. The summed E-state index contributed by atoms with van der Waals surface area (Å²) < 4.78 is 4.34. The number of nitrogens with one attached hydrogen (secondary N) is 1. The maximum absolute atomic E-state index is 12.5. The second-order valence-corrected chi connectivity index (χ2v) is 8.44. The van der Waals surface area contributed by atoms with Gasteiger partial charge in [0.05, 0.1) is 13.5 Å². The van der Waals surface area contributed by atoms with Crippen molar-refractivity contribution in [2.75, 3.05) is 7.11 Å². The third-order valence-corrected chi connectivity index (χ3v) is 6.05. The van der Waals surface area contributed by atoms with Crippen molar-refractivity contribution < 1.29 is 24.2 Å². The quantitative estimate of drug-likeness (QED) is 0.602. The van der Waals surface area contributed by atoms with Crippen molar-refractivity contribution in [2.45, 2.75) is 42.5 Å². The Labute approximate surface area is 149 Å². The Balaban J connectivity index is 1.66. The summed E-state index contributed by atoms with van der Waals surface area (Å²) >= 11 is 1.49. The lowest BCUT2D eigenvalue weighted by atomic mass is 9.96. The summed E-state index contributed by atoms with van der Waals surface area (Å²) in [5.41, 5.74) is 0.741. The fourth-order valence-electron chi connectivity index (χ4n) is 3.26. The van der Waals surface area contributed by atoms with E-state index in [2.05, 4.69) is 5.32 Å². The van der Waals surface area contributed by atoms with Crippen LogP contribution >= 0.6 is 11.8 Å². The summed E-state index contributed by atoms with van der Waals surface area (Å²) in [6.07, 6.45) is 0.116. The van der Waals surface area contributed by atoms with Crippen LogP contribution in [-0.4, -0.2) is 57.1 Å². The van der Waals surface area contributed by atoms with Crippen LogP contribution in [0.1, 0.15) is 19.4 Å². The second-order valence-electron chi connectivity index (χ2n) is 6.67. The zero-order chi connectivity index (χ0) is 18.4. The molecule has 2 heterocycles. The molecule has 2 N–H and O–H groups in total. The molecule has 0 unspecified atom stereocenters. The molecule has 1 aromatic rings. The molecular weight excluding hydrogens is 344 g/mol. The average Bonchev–Trinajstić information content (AvgIpc) is 2.82. The fraction of sp³-hybridized carbons (Fsp3) is 0.471. The van der Waals surface area contributed by atoms with Gasteiger partial charge in [0.2, 0.25) is 11.8 Å². The van der Waals surface area contributed by atoms with Gasteiger partial charge in [0.15, 0.2) is 0 Å². The molecule has 2 saturated heterocycles. The summed E-state index contributed by atoms with van der Waals surface area (Å²) in [5.74, 6) is -0.851. The van der Waals surface area contributed by atoms with E-state index in [1.54, 1.807) is 12.1 Å². The minimum absolute atomic E-state index is 0.116. The summed E-state index contributed by atoms with van der Waals surface area (Å²) in [5, 5.41) is 11.8. The molecule has 0 bridgehead atoms. The number of aromatic hydroxyl groups is 1. The molecule has 25 heavy (non-hydrogen) atoms. The number of phenols is 1. The van der Waals surface area contributed by atoms with Crippen molar-refractivity contribution in [1.82, 2.24) is 10.2 Å². The lowest BCUT2D eigenvalue weighted by Gasteiger charge is -2.43. The zero-order valence-electron chi connectivity index (χ0n) is 14.2. The number of methoxy groups -OCH3 is 1. The van der Waals surface area contributed by atoms with Gasteiger partial charge in [-0.05, 0) is 31.5 Å². The molecule has 3 rings (SSSR count). The van der Waals surface area contributed by atoms with Crippen molar-refractivity contribution in [3.63, 3.8) is 0 Å². The molecular formula is C17H20N2O5S. The maximum Gasteiger partial charge on any atom is 0.330 e. The number of nitrogens with zero attached hydrogens (tertiary/aromatic N) is 1. The number of thioether (sulfide) groups is 1. The largest absolute Gasteiger partial charge is 0.508 e. The van der Waals surface area contributed by atoms with E-state index in [4.69, 9.17) is 4.74 Å². The van der Waals surface area contributed by atoms with Crippen molar-refractivity contribution in [3.05, 3.63) is 29.8 Å². The predicted molar refractivity (Wildman–Crippen MR) is 91.8 cm³/mol. The van der Waals surface area contributed by atoms with E-state index in [9.17, 15) is 19.5 Å². The van der Waals surface area contributed by atoms with Gasteiger partial charge in [0.1, 0.15) is 23.2 Å². The van der Waals surface area contributed by atoms with Crippen LogP contribution in [0.15, 0.2) is 24.3 Å². The van der Waals surface area contributed by atoms with Crippen LogP contribution < -0.4 is 5.32 Å². The van der Waals surface area contributed by atoms with Crippen LogP contribution in [-0.2, 0) is 25.5 Å². The molecule has 8 heteroatoms. The van der Waals surface area contributed by atoms with Gasteiger partial charge in [0.25, 0.3) is 0 Å². The monoisotopic (exact) mass is 364 g/mol. The minimum Gasteiger partial charge on any atom is -0.508 e. The van der Waals surface area contributed by atoms with E-state index in [0.29, 0.717) is 0 Å². The van der Waals surface area contributed by atoms with Gasteiger partial charge in [-0.2, -0.15) is 0 Å². The number of fused-ring (bicyclic) bond motifs is 1. The first-order valence-electron chi connectivity index (χ1n) is 7.89. The van der Waals surface area contributed by atoms with Crippen molar-refractivity contribution >= 4 is 29.5 Å². The molecule has 134 valence electrons. The molecule has 0 aromatic heterocycles. The Morgan fingerprint density at radius 1 is 1.32 bits per heavy atom. The van der Waals surface area contributed by atoms with Crippen LogP contribution in [0.5, 0.6) is 5.75 Å². The van der Waals surface area contributed by atoms with Crippen LogP contribution in [0.25, 0.3) is 0 Å². The third kappa shape index (κ3) is 3.06. The summed E-state index contributed by atoms with van der Waals surface area (Å²) in [7, 11) is 1.30. The average molecular weight is 364 g/mol. The Kier molecular flexibility index (Phi) is 4.40. The number of benzene rings is 1. The Hall–Kier alpha value is -2.22. The molecule has 2 aliphatic heterocycles. The number of hydrogen-bond acceptors (Lipinski definition) is 6. The normalized spacial score (nSPS) is 26.6. The standard InChI is InChI=1S/C17H20N2O5S/c1-17(2)13(16(23)24-3)19-14(22)12(15(19)25-17)18-11(21)8-9-4-6-10(20)7-5-9/h4-7,12-13,15,20H,8H2,1-3H3,(H,18,21)/t12-,13+,15-/m1/s1. The number of esters is 1. The van der Waals surface area contributed by atoms with E-state index >= 15 is 0 Å². The summed E-state index contributed by atoms with van der Waals surface area (Å²) in [4.78, 5) is 38.2. The number of carbonyl (C=O) groups is 3. The molecule has 3 atom stereocenters. The predicted octanol–water partition coefficient (Wildman–Crippen LogP) is 0.655. The minimum atomic E-state index is -0.648. The molecule has 1 aromatic carbocycles. The summed E-state index contributed by atoms with van der Waals surface area (Å²) in [6.45, 7) is 3.78. The van der Waals surface area contributed by atoms with Gasteiger partial charge in [0, 0.05) is 4.75 Å². The Morgan fingerprint density at radius 2 is 1.96 bits per heavy atom. The number of ether oxygens (including phenoxy) is 1. The third-order valence-electron chi connectivity index (χ3n) is 4.48. The number of β-lactam (4-membered cyclic amide) rings is 1. The lowest BCUT2D eigenvalue weighted by molar-refractivity contribution is -0.162. The van der Waals surface area contributed by atoms with E-state index in [0.717, 1.165) is 5.56 Å². The van der Waals surface area contributed by atoms with Gasteiger partial charge < -0.3 is 20.1 Å². The molecule has 2 fully saturated rings. The Morgan fingerprint density at radius 3 is 2.56 bits per heavy atom. The SMILES string of the molecule is COC(=O)[C@@H]1N2C(=O)[C@@H](NC(=O)Cc3ccc(O)cc3)[C@H]2SC1(C)C. The first-order chi connectivity index (χ1) is 11.7.